The summed E-state index contributed by atoms with van der Waals surface area (Å²) in [5.41, 5.74) is 14.4. The van der Waals surface area contributed by atoms with E-state index in [1.807, 2.05) is 0 Å². The lowest BCUT2D eigenvalue weighted by molar-refractivity contribution is 0.353. The molecule has 1 spiro atoms. The van der Waals surface area contributed by atoms with E-state index in [1.165, 1.54) is 76.9 Å². The summed E-state index contributed by atoms with van der Waals surface area (Å²) in [6, 6.07) is 32.3. The summed E-state index contributed by atoms with van der Waals surface area (Å²) in [6.07, 6.45) is 6.57. The first-order chi connectivity index (χ1) is 17.0. The Morgan fingerprint density at radius 1 is 0.543 bits per heavy atom. The van der Waals surface area contributed by atoms with E-state index in [0.29, 0.717) is 0 Å². The first-order valence-electron chi connectivity index (χ1n) is 13.2. The fourth-order valence-electron chi connectivity index (χ4n) is 7.40. The molecular formula is C34H33N. The Balaban J connectivity index is 1.32. The molecule has 0 atom stereocenters. The van der Waals surface area contributed by atoms with E-state index in [1.54, 1.807) is 11.1 Å². The molecule has 0 radical (unpaired) electrons. The number of fused-ring (bicyclic) bond motifs is 8. The van der Waals surface area contributed by atoms with Gasteiger partial charge in [0.15, 0.2) is 0 Å². The summed E-state index contributed by atoms with van der Waals surface area (Å²) in [5, 5.41) is 0. The van der Waals surface area contributed by atoms with Crippen molar-refractivity contribution in [2.75, 3.05) is 11.9 Å². The van der Waals surface area contributed by atoms with Crippen molar-refractivity contribution >= 4 is 11.4 Å². The van der Waals surface area contributed by atoms with Crippen molar-refractivity contribution in [3.8, 4) is 22.3 Å². The van der Waals surface area contributed by atoms with Crippen LogP contribution < -0.4 is 4.90 Å². The normalized spacial score (nSPS) is 18.0. The maximum absolute atomic E-state index is 2.51. The Labute approximate surface area is 209 Å². The molecule has 4 aromatic rings. The van der Waals surface area contributed by atoms with E-state index >= 15 is 0 Å². The van der Waals surface area contributed by atoms with Gasteiger partial charge in [-0.15, -0.1) is 0 Å². The predicted octanol–water partition coefficient (Wildman–Crippen LogP) is 8.99. The highest BCUT2D eigenvalue weighted by Crippen LogP contribution is 2.56. The molecule has 1 heteroatoms. The van der Waals surface area contributed by atoms with Crippen molar-refractivity contribution in [2.24, 2.45) is 0 Å². The van der Waals surface area contributed by atoms with E-state index in [2.05, 4.69) is 111 Å². The molecule has 174 valence electrons. The minimum absolute atomic E-state index is 0.0223. The second-order valence-corrected chi connectivity index (χ2v) is 11.4. The van der Waals surface area contributed by atoms with Gasteiger partial charge in [0, 0.05) is 29.3 Å². The fraction of sp³-hybridized carbons (Fsp3) is 0.294. The van der Waals surface area contributed by atoms with Crippen LogP contribution in [-0.2, 0) is 10.8 Å². The van der Waals surface area contributed by atoms with Crippen LogP contribution in [0.1, 0.15) is 68.2 Å². The van der Waals surface area contributed by atoms with Crippen LogP contribution in [0.3, 0.4) is 0 Å². The molecule has 0 N–H and O–H groups in total. The van der Waals surface area contributed by atoms with Crippen LogP contribution in [0.5, 0.6) is 0 Å². The average molecular weight is 456 g/mol. The molecule has 7 rings (SSSR count). The quantitative estimate of drug-likeness (QED) is 0.291. The molecule has 0 aromatic heterocycles. The molecule has 0 unspecified atom stereocenters. The topological polar surface area (TPSA) is 3.24 Å². The SMILES string of the molecule is CN(c1ccc2c(c1)C(C)(C)c1ccccc1-2)c1ccc2c(c1)C1(CCCCC1)c1ccccc1-2. The molecule has 1 fully saturated rings. The molecule has 0 aliphatic heterocycles. The summed E-state index contributed by atoms with van der Waals surface area (Å²) in [4.78, 5) is 2.39. The van der Waals surface area contributed by atoms with Crippen LogP contribution in [0, 0.1) is 0 Å². The van der Waals surface area contributed by atoms with Crippen molar-refractivity contribution in [1.82, 2.24) is 0 Å². The van der Waals surface area contributed by atoms with Crippen LogP contribution in [0.25, 0.3) is 22.3 Å². The molecular weight excluding hydrogens is 422 g/mol. The second kappa shape index (κ2) is 7.34. The standard InChI is InChI=1S/C34H33N/c1-33(2)29-13-7-5-11-25(29)27-17-15-23(21-31(27)33)35(3)24-16-18-28-26-12-6-8-14-30(26)34(32(28)22-24)19-9-4-10-20-34/h5-8,11-18,21-22H,4,9-10,19-20H2,1-3H3. The number of nitrogens with zero attached hydrogens (tertiary/aromatic N) is 1. The van der Waals surface area contributed by atoms with Gasteiger partial charge in [-0.05, 0) is 81.6 Å². The van der Waals surface area contributed by atoms with E-state index in [9.17, 15) is 0 Å². The van der Waals surface area contributed by atoms with Crippen LogP contribution in [0.4, 0.5) is 11.4 Å². The Morgan fingerprint density at radius 3 is 1.74 bits per heavy atom. The van der Waals surface area contributed by atoms with Gasteiger partial charge < -0.3 is 4.90 Å². The maximum Gasteiger partial charge on any atom is 0.0411 e. The van der Waals surface area contributed by atoms with Gasteiger partial charge in [-0.3, -0.25) is 0 Å². The van der Waals surface area contributed by atoms with E-state index in [-0.39, 0.29) is 10.8 Å². The zero-order chi connectivity index (χ0) is 23.8. The van der Waals surface area contributed by atoms with Crippen LogP contribution >= 0.6 is 0 Å². The van der Waals surface area contributed by atoms with Crippen molar-refractivity contribution in [3.63, 3.8) is 0 Å². The first kappa shape index (κ1) is 21.0. The van der Waals surface area contributed by atoms with E-state index in [0.717, 1.165) is 0 Å². The average Bonchev–Trinajstić information content (AvgIpc) is 3.30. The summed E-state index contributed by atoms with van der Waals surface area (Å²) < 4.78 is 0. The number of hydrogen-bond acceptors (Lipinski definition) is 1. The summed E-state index contributed by atoms with van der Waals surface area (Å²) in [7, 11) is 2.23. The van der Waals surface area contributed by atoms with Gasteiger partial charge in [0.25, 0.3) is 0 Å². The van der Waals surface area contributed by atoms with Crippen LogP contribution in [0.15, 0.2) is 84.9 Å². The fourth-order valence-corrected chi connectivity index (χ4v) is 7.40. The van der Waals surface area contributed by atoms with Gasteiger partial charge in [0.1, 0.15) is 0 Å². The predicted molar refractivity (Wildman–Crippen MR) is 148 cm³/mol. The minimum atomic E-state index is 0.0223. The Bertz CT molecular complexity index is 1470. The van der Waals surface area contributed by atoms with Gasteiger partial charge in [0.05, 0.1) is 0 Å². The third-order valence-corrected chi connectivity index (χ3v) is 9.30. The molecule has 1 nitrogen and oxygen atoms in total. The minimum Gasteiger partial charge on any atom is -0.345 e. The number of benzene rings is 4. The molecule has 35 heavy (non-hydrogen) atoms. The molecule has 0 bridgehead atoms. The molecule has 3 aliphatic rings. The lowest BCUT2D eigenvalue weighted by atomic mass is 9.68. The number of rotatable bonds is 2. The zero-order valence-corrected chi connectivity index (χ0v) is 21.1. The second-order valence-electron chi connectivity index (χ2n) is 11.4. The first-order valence-corrected chi connectivity index (χ1v) is 13.2. The monoisotopic (exact) mass is 455 g/mol. The van der Waals surface area contributed by atoms with Gasteiger partial charge >= 0.3 is 0 Å². The number of hydrogen-bond donors (Lipinski definition) is 0. The molecule has 4 aromatic carbocycles. The van der Waals surface area contributed by atoms with Gasteiger partial charge in [-0.25, -0.2) is 0 Å². The van der Waals surface area contributed by atoms with Crippen molar-refractivity contribution in [1.29, 1.82) is 0 Å². The molecule has 0 amide bonds. The van der Waals surface area contributed by atoms with Crippen molar-refractivity contribution in [3.05, 3.63) is 107 Å². The highest BCUT2D eigenvalue weighted by atomic mass is 15.1. The van der Waals surface area contributed by atoms with E-state index in [4.69, 9.17) is 0 Å². The zero-order valence-electron chi connectivity index (χ0n) is 21.1. The highest BCUT2D eigenvalue weighted by Gasteiger charge is 2.43. The lowest BCUT2D eigenvalue weighted by Gasteiger charge is -2.36. The van der Waals surface area contributed by atoms with Crippen LogP contribution in [0.2, 0.25) is 0 Å². The molecule has 3 aliphatic carbocycles. The highest BCUT2D eigenvalue weighted by molar-refractivity contribution is 5.85. The van der Waals surface area contributed by atoms with Crippen molar-refractivity contribution < 1.29 is 0 Å². The van der Waals surface area contributed by atoms with Crippen LogP contribution in [-0.4, -0.2) is 7.05 Å². The van der Waals surface area contributed by atoms with E-state index < -0.39 is 0 Å². The summed E-state index contributed by atoms with van der Waals surface area (Å²) in [6.45, 7) is 4.72. The third kappa shape index (κ3) is 2.82. The smallest absolute Gasteiger partial charge is 0.0411 e. The number of anilines is 2. The molecule has 1 saturated carbocycles. The maximum atomic E-state index is 2.51. The van der Waals surface area contributed by atoms with Gasteiger partial charge in [-0.1, -0.05) is 93.8 Å². The lowest BCUT2D eigenvalue weighted by Crippen LogP contribution is -2.28. The Kier molecular flexibility index (Phi) is 4.40. The largest absolute Gasteiger partial charge is 0.345 e. The molecule has 0 saturated heterocycles. The third-order valence-electron chi connectivity index (χ3n) is 9.30. The van der Waals surface area contributed by atoms with Crippen molar-refractivity contribution in [2.45, 2.75) is 56.8 Å². The Morgan fingerprint density at radius 2 is 1.06 bits per heavy atom. The summed E-state index contributed by atoms with van der Waals surface area (Å²) in [5.74, 6) is 0. The van der Waals surface area contributed by atoms with Gasteiger partial charge in [-0.2, -0.15) is 0 Å². The molecule has 0 heterocycles. The van der Waals surface area contributed by atoms with Gasteiger partial charge in [0.2, 0.25) is 0 Å². The Hall–Kier alpha value is -3.32. The summed E-state index contributed by atoms with van der Waals surface area (Å²) >= 11 is 0.